The predicted octanol–water partition coefficient (Wildman–Crippen LogP) is 0.994. The van der Waals surface area contributed by atoms with Crippen molar-refractivity contribution in [3.8, 4) is 0 Å². The molecule has 110 valence electrons. The van der Waals surface area contributed by atoms with Gasteiger partial charge in [-0.1, -0.05) is 24.9 Å². The van der Waals surface area contributed by atoms with E-state index in [2.05, 4.69) is 27.7 Å². The number of nitrogens with one attached hydrogen (secondary N) is 2. The van der Waals surface area contributed by atoms with Gasteiger partial charge in [0, 0.05) is 19.0 Å². The van der Waals surface area contributed by atoms with Gasteiger partial charge in [-0.25, -0.2) is 0 Å². The van der Waals surface area contributed by atoms with Gasteiger partial charge in [-0.2, -0.15) is 4.98 Å². The molecule has 20 heavy (non-hydrogen) atoms. The standard InChI is InChI=1S/C14H22N4O2/c1-9-2-4-10(5-3-9)13-17-12(20-18-13)8-11-14(19)16-7-6-15-11/h9-11,15H,2-8H2,1H3,(H,16,19). The van der Waals surface area contributed by atoms with Crippen LogP contribution in [0.3, 0.4) is 0 Å². The first-order chi connectivity index (χ1) is 9.72. The van der Waals surface area contributed by atoms with Crippen molar-refractivity contribution in [2.45, 2.75) is 51.0 Å². The summed E-state index contributed by atoms with van der Waals surface area (Å²) >= 11 is 0. The molecule has 1 aliphatic carbocycles. The SMILES string of the molecule is CC1CCC(c2noc(CC3NCCNC3=O)n2)CC1. The van der Waals surface area contributed by atoms with E-state index in [1.54, 1.807) is 0 Å². The Kier molecular flexibility index (Phi) is 4.00. The van der Waals surface area contributed by atoms with Crippen LogP contribution in [0.2, 0.25) is 0 Å². The highest BCUT2D eigenvalue weighted by molar-refractivity contribution is 5.82. The molecule has 2 fully saturated rings. The molecule has 1 amide bonds. The normalized spacial score (nSPS) is 31.1. The van der Waals surface area contributed by atoms with Crippen LogP contribution in [-0.2, 0) is 11.2 Å². The summed E-state index contributed by atoms with van der Waals surface area (Å²) < 4.78 is 5.31. The molecule has 1 aromatic heterocycles. The van der Waals surface area contributed by atoms with Crippen LogP contribution in [0.4, 0.5) is 0 Å². The fraction of sp³-hybridized carbons (Fsp3) is 0.786. The summed E-state index contributed by atoms with van der Waals surface area (Å²) in [6, 6.07) is -0.247. The quantitative estimate of drug-likeness (QED) is 0.862. The van der Waals surface area contributed by atoms with E-state index in [0.29, 0.717) is 24.8 Å². The van der Waals surface area contributed by atoms with Crippen molar-refractivity contribution in [2.24, 2.45) is 5.92 Å². The Bertz CT molecular complexity index is 465. The number of hydrogen-bond acceptors (Lipinski definition) is 5. The van der Waals surface area contributed by atoms with Crippen molar-refractivity contribution in [1.82, 2.24) is 20.8 Å². The zero-order chi connectivity index (χ0) is 13.9. The van der Waals surface area contributed by atoms with Crippen LogP contribution in [0, 0.1) is 5.92 Å². The lowest BCUT2D eigenvalue weighted by atomic mass is 9.83. The van der Waals surface area contributed by atoms with Crippen molar-refractivity contribution < 1.29 is 9.32 Å². The Morgan fingerprint density at radius 1 is 1.25 bits per heavy atom. The van der Waals surface area contributed by atoms with Crippen LogP contribution >= 0.6 is 0 Å². The highest BCUT2D eigenvalue weighted by atomic mass is 16.5. The molecule has 2 heterocycles. The zero-order valence-electron chi connectivity index (χ0n) is 11.9. The molecule has 1 unspecified atom stereocenters. The second-order valence-electron chi connectivity index (χ2n) is 6.00. The molecule has 1 saturated heterocycles. The van der Waals surface area contributed by atoms with Gasteiger partial charge < -0.3 is 15.2 Å². The van der Waals surface area contributed by atoms with Crippen molar-refractivity contribution in [1.29, 1.82) is 0 Å². The Hall–Kier alpha value is -1.43. The molecule has 2 N–H and O–H groups in total. The molecule has 6 nitrogen and oxygen atoms in total. The monoisotopic (exact) mass is 278 g/mol. The van der Waals surface area contributed by atoms with Crippen LogP contribution in [0.25, 0.3) is 0 Å². The van der Waals surface area contributed by atoms with Gasteiger partial charge in [0.25, 0.3) is 0 Å². The highest BCUT2D eigenvalue weighted by Gasteiger charge is 2.27. The zero-order valence-corrected chi connectivity index (χ0v) is 11.9. The van der Waals surface area contributed by atoms with Crippen LogP contribution in [-0.4, -0.2) is 35.2 Å². The van der Waals surface area contributed by atoms with E-state index in [0.717, 1.165) is 31.1 Å². The molecule has 0 bridgehead atoms. The number of hydrogen-bond donors (Lipinski definition) is 2. The Morgan fingerprint density at radius 3 is 2.80 bits per heavy atom. The van der Waals surface area contributed by atoms with Crippen LogP contribution in [0.1, 0.15) is 50.2 Å². The molecule has 1 aliphatic heterocycles. The number of nitrogens with zero attached hydrogens (tertiary/aromatic N) is 2. The lowest BCUT2D eigenvalue weighted by molar-refractivity contribution is -0.124. The molecule has 0 aromatic carbocycles. The molecule has 6 heteroatoms. The molecule has 0 radical (unpaired) electrons. The van der Waals surface area contributed by atoms with Crippen LogP contribution in [0.15, 0.2) is 4.52 Å². The van der Waals surface area contributed by atoms with Crippen molar-refractivity contribution >= 4 is 5.91 Å². The number of carbonyl (C=O) groups excluding carboxylic acids is 1. The first kappa shape index (κ1) is 13.5. The summed E-state index contributed by atoms with van der Waals surface area (Å²) in [5, 5.41) is 10.1. The molecular weight excluding hydrogens is 256 g/mol. The maximum absolute atomic E-state index is 11.7. The summed E-state index contributed by atoms with van der Waals surface area (Å²) in [7, 11) is 0. The smallest absolute Gasteiger partial charge is 0.237 e. The van der Waals surface area contributed by atoms with Gasteiger partial charge in [-0.15, -0.1) is 0 Å². The van der Waals surface area contributed by atoms with Crippen molar-refractivity contribution in [3.63, 3.8) is 0 Å². The van der Waals surface area contributed by atoms with E-state index in [-0.39, 0.29) is 11.9 Å². The van der Waals surface area contributed by atoms with Gasteiger partial charge in [0.2, 0.25) is 11.8 Å². The third kappa shape index (κ3) is 3.00. The highest BCUT2D eigenvalue weighted by Crippen LogP contribution is 2.34. The van der Waals surface area contributed by atoms with E-state index in [1.807, 2.05) is 0 Å². The third-order valence-corrected chi connectivity index (χ3v) is 4.38. The Morgan fingerprint density at radius 2 is 2.05 bits per heavy atom. The van der Waals surface area contributed by atoms with Gasteiger partial charge >= 0.3 is 0 Å². The van der Waals surface area contributed by atoms with E-state index in [1.165, 1.54) is 12.8 Å². The first-order valence-corrected chi connectivity index (χ1v) is 7.56. The summed E-state index contributed by atoms with van der Waals surface area (Å²) in [5.41, 5.74) is 0. The number of piperazine rings is 1. The van der Waals surface area contributed by atoms with Gasteiger partial charge in [0.1, 0.15) is 0 Å². The maximum atomic E-state index is 11.7. The molecular formula is C14H22N4O2. The molecule has 3 rings (SSSR count). The van der Waals surface area contributed by atoms with Crippen molar-refractivity contribution in [2.75, 3.05) is 13.1 Å². The number of rotatable bonds is 3. The van der Waals surface area contributed by atoms with Crippen molar-refractivity contribution in [3.05, 3.63) is 11.7 Å². The van der Waals surface area contributed by atoms with Gasteiger partial charge in [-0.3, -0.25) is 4.79 Å². The number of aromatic nitrogens is 2. The summed E-state index contributed by atoms with van der Waals surface area (Å²) in [6.07, 6.45) is 5.23. The minimum absolute atomic E-state index is 0.0162. The second-order valence-corrected chi connectivity index (χ2v) is 6.00. The molecule has 1 atom stereocenters. The van der Waals surface area contributed by atoms with Gasteiger partial charge in [0.05, 0.1) is 12.5 Å². The third-order valence-electron chi connectivity index (χ3n) is 4.38. The first-order valence-electron chi connectivity index (χ1n) is 7.56. The Balaban J connectivity index is 1.60. The second kappa shape index (κ2) is 5.91. The fourth-order valence-corrected chi connectivity index (χ4v) is 3.02. The predicted molar refractivity (Wildman–Crippen MR) is 73.2 cm³/mol. The Labute approximate surface area is 118 Å². The lowest BCUT2D eigenvalue weighted by Gasteiger charge is -2.23. The molecule has 1 aromatic rings. The molecule has 0 spiro atoms. The van der Waals surface area contributed by atoms with E-state index < -0.39 is 0 Å². The summed E-state index contributed by atoms with van der Waals surface area (Å²) in [5.74, 6) is 2.64. The number of amides is 1. The fourth-order valence-electron chi connectivity index (χ4n) is 3.02. The summed E-state index contributed by atoms with van der Waals surface area (Å²) in [6.45, 7) is 3.77. The average molecular weight is 278 g/mol. The van der Waals surface area contributed by atoms with Gasteiger partial charge in [-0.05, 0) is 18.8 Å². The summed E-state index contributed by atoms with van der Waals surface area (Å²) in [4.78, 5) is 16.2. The molecule has 2 aliphatic rings. The van der Waals surface area contributed by atoms with Crippen LogP contribution in [0.5, 0.6) is 0 Å². The van der Waals surface area contributed by atoms with Gasteiger partial charge in [0.15, 0.2) is 5.82 Å². The lowest BCUT2D eigenvalue weighted by Crippen LogP contribution is -2.53. The van der Waals surface area contributed by atoms with E-state index in [4.69, 9.17) is 4.52 Å². The van der Waals surface area contributed by atoms with E-state index >= 15 is 0 Å². The van der Waals surface area contributed by atoms with E-state index in [9.17, 15) is 4.79 Å². The minimum atomic E-state index is -0.247. The minimum Gasteiger partial charge on any atom is -0.353 e. The topological polar surface area (TPSA) is 80.0 Å². The average Bonchev–Trinajstić information content (AvgIpc) is 2.91. The largest absolute Gasteiger partial charge is 0.353 e. The maximum Gasteiger partial charge on any atom is 0.237 e. The van der Waals surface area contributed by atoms with Crippen LogP contribution < -0.4 is 10.6 Å². The molecule has 1 saturated carbocycles. The number of carbonyl (C=O) groups is 1.